The summed E-state index contributed by atoms with van der Waals surface area (Å²) >= 11 is 12.0. The first kappa shape index (κ1) is 19.3. The van der Waals surface area contributed by atoms with E-state index in [0.29, 0.717) is 15.7 Å². The SMILES string of the molecule is O=C(O)c1ccccc1Nc1ccc(CCCc2ccc(Cl)c(Cl)c2)cc1. The third kappa shape index (κ3) is 5.25. The summed E-state index contributed by atoms with van der Waals surface area (Å²) in [6.45, 7) is 0. The quantitative estimate of drug-likeness (QED) is 0.469. The number of nitrogens with one attached hydrogen (secondary N) is 1. The molecule has 3 aromatic rings. The second-order valence-corrected chi connectivity index (χ2v) is 7.09. The van der Waals surface area contributed by atoms with E-state index in [1.54, 1.807) is 18.2 Å². The number of rotatable bonds is 7. The van der Waals surface area contributed by atoms with Crippen LogP contribution in [0.3, 0.4) is 0 Å². The van der Waals surface area contributed by atoms with Crippen molar-refractivity contribution in [3.8, 4) is 0 Å². The molecule has 27 heavy (non-hydrogen) atoms. The highest BCUT2D eigenvalue weighted by Crippen LogP contribution is 2.24. The smallest absolute Gasteiger partial charge is 0.337 e. The van der Waals surface area contributed by atoms with E-state index in [2.05, 4.69) is 17.4 Å². The van der Waals surface area contributed by atoms with Gasteiger partial charge in [-0.3, -0.25) is 0 Å². The minimum atomic E-state index is -0.947. The summed E-state index contributed by atoms with van der Waals surface area (Å²) in [6, 6.07) is 20.7. The maximum Gasteiger partial charge on any atom is 0.337 e. The molecule has 3 aromatic carbocycles. The Labute approximate surface area is 168 Å². The zero-order valence-electron chi connectivity index (χ0n) is 14.6. The predicted molar refractivity (Wildman–Crippen MR) is 112 cm³/mol. The Bertz CT molecular complexity index is 939. The van der Waals surface area contributed by atoms with Crippen molar-refractivity contribution in [1.82, 2.24) is 0 Å². The Kier molecular flexibility index (Phi) is 6.38. The van der Waals surface area contributed by atoms with Crippen molar-refractivity contribution in [1.29, 1.82) is 0 Å². The van der Waals surface area contributed by atoms with Crippen LogP contribution in [0.25, 0.3) is 0 Å². The fraction of sp³-hybridized carbons (Fsp3) is 0.136. The lowest BCUT2D eigenvalue weighted by Crippen LogP contribution is -2.02. The highest BCUT2D eigenvalue weighted by molar-refractivity contribution is 6.42. The van der Waals surface area contributed by atoms with Gasteiger partial charge in [0, 0.05) is 5.69 Å². The van der Waals surface area contributed by atoms with Crippen LogP contribution in [0.5, 0.6) is 0 Å². The summed E-state index contributed by atoms with van der Waals surface area (Å²) in [5.41, 5.74) is 4.09. The first-order valence-corrected chi connectivity index (χ1v) is 9.41. The number of benzene rings is 3. The highest BCUT2D eigenvalue weighted by atomic mass is 35.5. The average Bonchev–Trinajstić information content (AvgIpc) is 2.66. The molecule has 0 atom stereocenters. The number of aryl methyl sites for hydroxylation is 2. The maximum absolute atomic E-state index is 11.3. The molecule has 0 spiro atoms. The number of carbonyl (C=O) groups is 1. The lowest BCUT2D eigenvalue weighted by molar-refractivity contribution is 0.0698. The largest absolute Gasteiger partial charge is 0.478 e. The van der Waals surface area contributed by atoms with Crippen LogP contribution < -0.4 is 5.32 Å². The van der Waals surface area contributed by atoms with Gasteiger partial charge in [0.25, 0.3) is 0 Å². The first-order chi connectivity index (χ1) is 13.0. The van der Waals surface area contributed by atoms with Crippen molar-refractivity contribution >= 4 is 40.5 Å². The van der Waals surface area contributed by atoms with E-state index in [1.165, 1.54) is 11.1 Å². The first-order valence-electron chi connectivity index (χ1n) is 8.65. The fourth-order valence-electron chi connectivity index (χ4n) is 2.88. The van der Waals surface area contributed by atoms with Crippen LogP contribution in [-0.4, -0.2) is 11.1 Å². The summed E-state index contributed by atoms with van der Waals surface area (Å²) in [7, 11) is 0. The Balaban J connectivity index is 1.57. The number of anilines is 2. The van der Waals surface area contributed by atoms with Crippen LogP contribution in [0, 0.1) is 0 Å². The lowest BCUT2D eigenvalue weighted by Gasteiger charge is -2.10. The molecular weight excluding hydrogens is 381 g/mol. The van der Waals surface area contributed by atoms with Gasteiger partial charge in [0.2, 0.25) is 0 Å². The van der Waals surface area contributed by atoms with Crippen molar-refractivity contribution in [3.63, 3.8) is 0 Å². The van der Waals surface area contributed by atoms with Crippen LogP contribution in [0.15, 0.2) is 66.7 Å². The van der Waals surface area contributed by atoms with Crippen LogP contribution in [0.2, 0.25) is 10.0 Å². The highest BCUT2D eigenvalue weighted by Gasteiger charge is 2.08. The molecule has 0 aliphatic carbocycles. The minimum Gasteiger partial charge on any atom is -0.478 e. The zero-order valence-corrected chi connectivity index (χ0v) is 16.1. The van der Waals surface area contributed by atoms with E-state index in [4.69, 9.17) is 23.2 Å². The van der Waals surface area contributed by atoms with Gasteiger partial charge in [0.1, 0.15) is 0 Å². The van der Waals surface area contributed by atoms with Crippen molar-refractivity contribution in [2.45, 2.75) is 19.3 Å². The third-order valence-electron chi connectivity index (χ3n) is 4.31. The van der Waals surface area contributed by atoms with Gasteiger partial charge in [-0.15, -0.1) is 0 Å². The van der Waals surface area contributed by atoms with Gasteiger partial charge in [-0.1, -0.05) is 53.5 Å². The van der Waals surface area contributed by atoms with Gasteiger partial charge in [0.05, 0.1) is 21.3 Å². The van der Waals surface area contributed by atoms with Gasteiger partial charge in [-0.25, -0.2) is 4.79 Å². The summed E-state index contributed by atoms with van der Waals surface area (Å²) in [4.78, 5) is 11.3. The molecule has 0 aromatic heterocycles. The molecule has 0 amide bonds. The number of carboxylic acid groups (broad SMARTS) is 1. The molecule has 0 aliphatic heterocycles. The van der Waals surface area contributed by atoms with E-state index < -0.39 is 5.97 Å². The van der Waals surface area contributed by atoms with Gasteiger partial charge in [-0.05, 0) is 66.8 Å². The van der Waals surface area contributed by atoms with E-state index >= 15 is 0 Å². The molecule has 138 valence electrons. The number of hydrogen-bond donors (Lipinski definition) is 2. The van der Waals surface area contributed by atoms with Gasteiger partial charge in [0.15, 0.2) is 0 Å². The molecule has 3 rings (SSSR count). The van der Waals surface area contributed by atoms with Gasteiger partial charge < -0.3 is 10.4 Å². The average molecular weight is 400 g/mol. The Hall–Kier alpha value is -2.49. The summed E-state index contributed by atoms with van der Waals surface area (Å²) in [6.07, 6.45) is 2.89. The lowest BCUT2D eigenvalue weighted by atomic mass is 10.0. The topological polar surface area (TPSA) is 49.3 Å². The van der Waals surface area contributed by atoms with E-state index in [1.807, 2.05) is 36.4 Å². The Morgan fingerprint density at radius 2 is 1.52 bits per heavy atom. The van der Waals surface area contributed by atoms with Gasteiger partial charge >= 0.3 is 5.97 Å². The van der Waals surface area contributed by atoms with Crippen molar-refractivity contribution in [2.24, 2.45) is 0 Å². The Morgan fingerprint density at radius 3 is 2.22 bits per heavy atom. The third-order valence-corrected chi connectivity index (χ3v) is 5.04. The molecule has 0 radical (unpaired) electrons. The number of aromatic carboxylic acids is 1. The summed E-state index contributed by atoms with van der Waals surface area (Å²) in [5.74, 6) is -0.947. The van der Waals surface area contributed by atoms with Crippen molar-refractivity contribution < 1.29 is 9.90 Å². The molecule has 2 N–H and O–H groups in total. The predicted octanol–water partition coefficient (Wildman–Crippen LogP) is 6.61. The number of carboxylic acids is 1. The van der Waals surface area contributed by atoms with E-state index in [9.17, 15) is 9.90 Å². The van der Waals surface area contributed by atoms with Crippen molar-refractivity contribution in [3.05, 3.63) is 93.5 Å². The van der Waals surface area contributed by atoms with E-state index in [-0.39, 0.29) is 5.56 Å². The minimum absolute atomic E-state index is 0.253. The van der Waals surface area contributed by atoms with Crippen molar-refractivity contribution in [2.75, 3.05) is 5.32 Å². The van der Waals surface area contributed by atoms with Crippen LogP contribution in [-0.2, 0) is 12.8 Å². The second kappa shape index (κ2) is 8.94. The molecular formula is C22H19Cl2NO2. The van der Waals surface area contributed by atoms with Crippen LogP contribution >= 0.6 is 23.2 Å². The second-order valence-electron chi connectivity index (χ2n) is 6.27. The standard InChI is InChI=1S/C22H19Cl2NO2/c23-19-13-10-16(14-20(19)24)5-3-4-15-8-11-17(12-9-15)25-21-7-2-1-6-18(21)22(26)27/h1-2,6-14,25H,3-5H2,(H,26,27). The molecule has 0 aliphatic rings. The number of halogens is 2. The van der Waals surface area contributed by atoms with Gasteiger partial charge in [-0.2, -0.15) is 0 Å². The Morgan fingerprint density at radius 1 is 0.852 bits per heavy atom. The zero-order chi connectivity index (χ0) is 19.2. The molecule has 5 heteroatoms. The fourth-order valence-corrected chi connectivity index (χ4v) is 3.20. The number of hydrogen-bond acceptors (Lipinski definition) is 2. The molecule has 0 saturated carbocycles. The summed E-state index contributed by atoms with van der Waals surface area (Å²) < 4.78 is 0. The van der Waals surface area contributed by atoms with E-state index in [0.717, 1.165) is 24.9 Å². The molecule has 0 bridgehead atoms. The normalized spacial score (nSPS) is 10.6. The molecule has 0 heterocycles. The monoisotopic (exact) mass is 399 g/mol. The van der Waals surface area contributed by atoms with Crippen LogP contribution in [0.4, 0.5) is 11.4 Å². The summed E-state index contributed by atoms with van der Waals surface area (Å²) in [5, 5.41) is 13.6. The molecule has 3 nitrogen and oxygen atoms in total. The van der Waals surface area contributed by atoms with Crippen LogP contribution in [0.1, 0.15) is 27.9 Å². The molecule has 0 unspecified atom stereocenters. The molecule has 0 fully saturated rings. The maximum atomic E-state index is 11.3. The molecule has 0 saturated heterocycles. The number of para-hydroxylation sites is 1.